The summed E-state index contributed by atoms with van der Waals surface area (Å²) in [4.78, 5) is 4.51. The smallest absolute Gasteiger partial charge is 0.191 e. The van der Waals surface area contributed by atoms with Gasteiger partial charge in [0, 0.05) is 12.6 Å². The number of nitrogens with zero attached hydrogens (tertiary/aromatic N) is 1. The fourth-order valence-corrected chi connectivity index (χ4v) is 2.74. The summed E-state index contributed by atoms with van der Waals surface area (Å²) >= 11 is 0. The predicted octanol–water partition coefficient (Wildman–Crippen LogP) is 3.78. The lowest BCUT2D eigenvalue weighted by molar-refractivity contribution is 0.329. The van der Waals surface area contributed by atoms with Gasteiger partial charge in [-0.1, -0.05) is 13.0 Å². The molecule has 23 heavy (non-hydrogen) atoms. The number of nitrogens with one attached hydrogen (secondary N) is 2. The van der Waals surface area contributed by atoms with Crippen LogP contribution in [0.5, 0.6) is 5.75 Å². The molecule has 0 aliphatic heterocycles. The molecule has 0 bridgehead atoms. The third-order valence-electron chi connectivity index (χ3n) is 4.13. The predicted molar refractivity (Wildman–Crippen MR) is 103 cm³/mol. The van der Waals surface area contributed by atoms with Crippen molar-refractivity contribution in [1.82, 2.24) is 10.6 Å². The zero-order valence-electron chi connectivity index (χ0n) is 13.8. The molecule has 0 saturated heterocycles. The molecule has 1 aromatic rings. The molecule has 0 radical (unpaired) electrons. The normalized spacial score (nSPS) is 21.4. The SMILES string of the molecule is CCNC(=NCc1ccc(O)c(F)c1)NC1CCC(C)CC1.I. The average molecular weight is 435 g/mol. The van der Waals surface area contributed by atoms with Crippen molar-refractivity contribution in [3.8, 4) is 5.75 Å². The first-order valence-electron chi connectivity index (χ1n) is 8.10. The molecular weight excluding hydrogens is 408 g/mol. The summed E-state index contributed by atoms with van der Waals surface area (Å²) in [5.41, 5.74) is 0.741. The molecular formula is C17H27FIN3O. The van der Waals surface area contributed by atoms with E-state index in [1.165, 1.54) is 37.8 Å². The van der Waals surface area contributed by atoms with Crippen LogP contribution in [-0.4, -0.2) is 23.7 Å². The van der Waals surface area contributed by atoms with Gasteiger partial charge < -0.3 is 15.7 Å². The zero-order chi connectivity index (χ0) is 15.9. The van der Waals surface area contributed by atoms with Crippen molar-refractivity contribution in [2.24, 2.45) is 10.9 Å². The molecule has 0 atom stereocenters. The van der Waals surface area contributed by atoms with Gasteiger partial charge in [-0.05, 0) is 56.2 Å². The maximum atomic E-state index is 13.3. The average Bonchev–Trinajstić information content (AvgIpc) is 2.50. The van der Waals surface area contributed by atoms with Gasteiger partial charge >= 0.3 is 0 Å². The first-order chi connectivity index (χ1) is 10.6. The van der Waals surface area contributed by atoms with Gasteiger partial charge in [-0.15, -0.1) is 24.0 Å². The van der Waals surface area contributed by atoms with Crippen molar-refractivity contribution >= 4 is 29.9 Å². The Morgan fingerprint density at radius 1 is 1.30 bits per heavy atom. The van der Waals surface area contributed by atoms with E-state index in [4.69, 9.17) is 0 Å². The molecule has 0 heterocycles. The van der Waals surface area contributed by atoms with Gasteiger partial charge in [-0.3, -0.25) is 0 Å². The number of phenols is 1. The molecule has 1 fully saturated rings. The molecule has 1 saturated carbocycles. The second-order valence-electron chi connectivity index (χ2n) is 6.08. The lowest BCUT2D eigenvalue weighted by atomic mass is 9.87. The number of halogens is 2. The summed E-state index contributed by atoms with van der Waals surface area (Å²) in [7, 11) is 0. The van der Waals surface area contributed by atoms with Crippen molar-refractivity contribution in [2.75, 3.05) is 6.54 Å². The maximum absolute atomic E-state index is 13.3. The highest BCUT2D eigenvalue weighted by Gasteiger charge is 2.18. The highest BCUT2D eigenvalue weighted by atomic mass is 127. The molecule has 0 unspecified atom stereocenters. The second-order valence-corrected chi connectivity index (χ2v) is 6.08. The fraction of sp³-hybridized carbons (Fsp3) is 0.588. The monoisotopic (exact) mass is 435 g/mol. The Morgan fingerprint density at radius 3 is 2.61 bits per heavy atom. The number of rotatable bonds is 4. The lowest BCUT2D eigenvalue weighted by Gasteiger charge is -2.28. The summed E-state index contributed by atoms with van der Waals surface area (Å²) < 4.78 is 13.3. The van der Waals surface area contributed by atoms with E-state index < -0.39 is 5.82 Å². The standard InChI is InChI=1S/C17H26FN3O.HI/c1-3-19-17(21-14-7-4-12(2)5-8-14)20-11-13-6-9-16(22)15(18)10-13;/h6,9-10,12,14,22H,3-5,7-8,11H2,1-2H3,(H2,19,20,21);1H. The van der Waals surface area contributed by atoms with Gasteiger partial charge in [-0.2, -0.15) is 0 Å². The second kappa shape index (κ2) is 9.95. The molecule has 0 amide bonds. The summed E-state index contributed by atoms with van der Waals surface area (Å²) in [6, 6.07) is 4.84. The minimum absolute atomic E-state index is 0. The maximum Gasteiger partial charge on any atom is 0.191 e. The zero-order valence-corrected chi connectivity index (χ0v) is 16.1. The molecule has 0 aromatic heterocycles. The van der Waals surface area contributed by atoms with Crippen molar-refractivity contribution in [3.05, 3.63) is 29.6 Å². The number of aromatic hydroxyl groups is 1. The van der Waals surface area contributed by atoms with E-state index in [1.807, 2.05) is 6.92 Å². The number of phenolic OH excluding ortho intramolecular Hbond substituents is 1. The Labute approximate surface area is 155 Å². The molecule has 130 valence electrons. The van der Waals surface area contributed by atoms with Gasteiger partial charge in [0.1, 0.15) is 0 Å². The minimum atomic E-state index is -0.605. The van der Waals surface area contributed by atoms with Crippen molar-refractivity contribution in [2.45, 2.75) is 52.1 Å². The Hall–Kier alpha value is -1.05. The third-order valence-corrected chi connectivity index (χ3v) is 4.13. The first kappa shape index (κ1) is 20.0. The van der Waals surface area contributed by atoms with Crippen LogP contribution in [0.3, 0.4) is 0 Å². The Kier molecular flexibility index (Phi) is 8.65. The Balaban J connectivity index is 0.00000264. The molecule has 3 N–H and O–H groups in total. The van der Waals surface area contributed by atoms with Gasteiger partial charge in [0.05, 0.1) is 6.54 Å². The largest absolute Gasteiger partial charge is 0.505 e. The van der Waals surface area contributed by atoms with Gasteiger partial charge in [0.15, 0.2) is 17.5 Å². The summed E-state index contributed by atoms with van der Waals surface area (Å²) in [6.07, 6.45) is 4.83. The number of benzene rings is 1. The molecule has 1 aliphatic rings. The highest BCUT2D eigenvalue weighted by molar-refractivity contribution is 14.0. The van der Waals surface area contributed by atoms with E-state index in [0.29, 0.717) is 12.6 Å². The van der Waals surface area contributed by atoms with Crippen molar-refractivity contribution in [1.29, 1.82) is 0 Å². The number of guanidine groups is 1. The van der Waals surface area contributed by atoms with Crippen LogP contribution in [-0.2, 0) is 6.54 Å². The first-order valence-corrected chi connectivity index (χ1v) is 8.10. The quantitative estimate of drug-likeness (QED) is 0.383. The van der Waals surface area contributed by atoms with Crippen LogP contribution < -0.4 is 10.6 Å². The van der Waals surface area contributed by atoms with Crippen LogP contribution in [0.15, 0.2) is 23.2 Å². The van der Waals surface area contributed by atoms with E-state index in [-0.39, 0.29) is 29.7 Å². The Bertz CT molecular complexity index is 517. The van der Waals surface area contributed by atoms with E-state index >= 15 is 0 Å². The van der Waals surface area contributed by atoms with E-state index in [0.717, 1.165) is 24.0 Å². The van der Waals surface area contributed by atoms with Gasteiger partial charge in [-0.25, -0.2) is 9.38 Å². The van der Waals surface area contributed by atoms with Crippen LogP contribution >= 0.6 is 24.0 Å². The molecule has 4 nitrogen and oxygen atoms in total. The Morgan fingerprint density at radius 2 is 2.00 bits per heavy atom. The van der Waals surface area contributed by atoms with E-state index in [2.05, 4.69) is 22.5 Å². The topological polar surface area (TPSA) is 56.7 Å². The number of hydrogen-bond acceptors (Lipinski definition) is 2. The van der Waals surface area contributed by atoms with Crippen molar-refractivity contribution < 1.29 is 9.50 Å². The van der Waals surface area contributed by atoms with Crippen LogP contribution in [0.25, 0.3) is 0 Å². The summed E-state index contributed by atoms with van der Waals surface area (Å²) in [5.74, 6) is 0.661. The molecule has 6 heteroatoms. The lowest BCUT2D eigenvalue weighted by Crippen LogP contribution is -2.44. The minimum Gasteiger partial charge on any atom is -0.505 e. The third kappa shape index (κ3) is 6.53. The van der Waals surface area contributed by atoms with Crippen LogP contribution in [0, 0.1) is 11.7 Å². The van der Waals surface area contributed by atoms with E-state index in [9.17, 15) is 9.50 Å². The van der Waals surface area contributed by atoms with Crippen LogP contribution in [0.2, 0.25) is 0 Å². The number of aliphatic imine (C=N–C) groups is 1. The van der Waals surface area contributed by atoms with Crippen LogP contribution in [0.4, 0.5) is 4.39 Å². The summed E-state index contributed by atoms with van der Waals surface area (Å²) in [5, 5.41) is 15.9. The number of hydrogen-bond donors (Lipinski definition) is 3. The van der Waals surface area contributed by atoms with E-state index in [1.54, 1.807) is 6.07 Å². The molecule has 1 aromatic carbocycles. The molecule has 2 rings (SSSR count). The van der Waals surface area contributed by atoms with Crippen molar-refractivity contribution in [3.63, 3.8) is 0 Å². The summed E-state index contributed by atoms with van der Waals surface area (Å²) in [6.45, 7) is 5.50. The molecule has 1 aliphatic carbocycles. The van der Waals surface area contributed by atoms with Crippen LogP contribution in [0.1, 0.15) is 45.1 Å². The highest BCUT2D eigenvalue weighted by Crippen LogP contribution is 2.23. The van der Waals surface area contributed by atoms with Gasteiger partial charge in [0.2, 0.25) is 0 Å². The van der Waals surface area contributed by atoms with Gasteiger partial charge in [0.25, 0.3) is 0 Å². The molecule has 0 spiro atoms. The fourth-order valence-electron chi connectivity index (χ4n) is 2.74.